The highest BCUT2D eigenvalue weighted by Gasteiger charge is 2.18. The van der Waals surface area contributed by atoms with E-state index in [9.17, 15) is 8.42 Å². The molecule has 1 aromatic carbocycles. The molecule has 5 nitrogen and oxygen atoms in total. The number of hydrogen-bond acceptors (Lipinski definition) is 5. The highest BCUT2D eigenvalue weighted by atomic mass is 35.5. The summed E-state index contributed by atoms with van der Waals surface area (Å²) in [5.74, 6) is 0.648. The van der Waals surface area contributed by atoms with Crippen molar-refractivity contribution in [2.24, 2.45) is 0 Å². The van der Waals surface area contributed by atoms with E-state index in [1.54, 1.807) is 0 Å². The Bertz CT molecular complexity index is 513. The molecule has 1 rings (SSSR count). The molecule has 0 saturated carbocycles. The van der Waals surface area contributed by atoms with Gasteiger partial charge >= 0.3 is 0 Å². The topological polar surface area (TPSA) is 61.8 Å². The van der Waals surface area contributed by atoms with E-state index in [0.717, 1.165) is 6.26 Å². The third-order valence-corrected chi connectivity index (χ3v) is 3.46. The summed E-state index contributed by atoms with van der Waals surface area (Å²) in [5.41, 5.74) is 0.292. The number of benzene rings is 1. The van der Waals surface area contributed by atoms with Gasteiger partial charge < -0.3 is 9.47 Å². The Morgan fingerprint density at radius 1 is 1.11 bits per heavy atom. The van der Waals surface area contributed by atoms with Crippen molar-refractivity contribution >= 4 is 33.3 Å². The van der Waals surface area contributed by atoms with Gasteiger partial charge in [-0.3, -0.25) is 4.18 Å². The number of rotatable bonds is 5. The molecule has 0 aliphatic rings. The summed E-state index contributed by atoms with van der Waals surface area (Å²) in [6, 6.07) is 1.51. The van der Waals surface area contributed by atoms with Gasteiger partial charge in [0.2, 0.25) is 0 Å². The van der Waals surface area contributed by atoms with E-state index in [4.69, 9.17) is 32.7 Å². The Kier molecular flexibility index (Phi) is 5.10. The zero-order chi connectivity index (χ0) is 13.9. The van der Waals surface area contributed by atoms with Gasteiger partial charge in [-0.25, -0.2) is 0 Å². The number of hydrogen-bond donors (Lipinski definition) is 0. The fraction of sp³-hybridized carbons (Fsp3) is 0.400. The first-order valence-electron chi connectivity index (χ1n) is 4.73. The molecule has 0 heterocycles. The summed E-state index contributed by atoms with van der Waals surface area (Å²) >= 11 is 12.1. The van der Waals surface area contributed by atoms with Crippen LogP contribution in [-0.4, -0.2) is 28.9 Å². The highest BCUT2D eigenvalue weighted by molar-refractivity contribution is 7.85. The Labute approximate surface area is 116 Å². The van der Waals surface area contributed by atoms with Gasteiger partial charge in [-0.15, -0.1) is 0 Å². The first-order valence-corrected chi connectivity index (χ1v) is 7.30. The Balaban J connectivity index is 3.23. The smallest absolute Gasteiger partial charge is 0.264 e. The molecule has 0 amide bonds. The van der Waals surface area contributed by atoms with Crippen LogP contribution in [0.25, 0.3) is 0 Å². The van der Waals surface area contributed by atoms with Crippen LogP contribution in [0.3, 0.4) is 0 Å². The average molecular weight is 315 g/mol. The van der Waals surface area contributed by atoms with Gasteiger partial charge in [0.1, 0.15) is 11.5 Å². The van der Waals surface area contributed by atoms with E-state index in [-0.39, 0.29) is 16.7 Å². The van der Waals surface area contributed by atoms with Crippen LogP contribution in [0.5, 0.6) is 11.5 Å². The molecule has 0 bridgehead atoms. The Morgan fingerprint density at radius 2 is 1.56 bits per heavy atom. The molecule has 0 spiro atoms. The normalized spacial score (nSPS) is 11.4. The van der Waals surface area contributed by atoms with E-state index in [2.05, 4.69) is 4.18 Å². The predicted molar refractivity (Wildman–Crippen MR) is 69.2 cm³/mol. The summed E-state index contributed by atoms with van der Waals surface area (Å²) < 4.78 is 36.7. The van der Waals surface area contributed by atoms with Crippen molar-refractivity contribution in [1.82, 2.24) is 0 Å². The van der Waals surface area contributed by atoms with Gasteiger partial charge in [-0.05, 0) is 0 Å². The van der Waals surface area contributed by atoms with Crippen molar-refractivity contribution in [3.05, 3.63) is 21.7 Å². The third kappa shape index (κ3) is 3.65. The molecule has 0 radical (unpaired) electrons. The van der Waals surface area contributed by atoms with Crippen LogP contribution in [0.1, 0.15) is 5.56 Å². The van der Waals surface area contributed by atoms with Crippen LogP contribution < -0.4 is 9.47 Å². The minimum absolute atomic E-state index is 0.187. The molecule has 0 aromatic heterocycles. The van der Waals surface area contributed by atoms with Gasteiger partial charge in [0.05, 0.1) is 37.1 Å². The maximum Gasteiger partial charge on any atom is 0.264 e. The minimum atomic E-state index is -3.59. The molecule has 1 aromatic rings. The van der Waals surface area contributed by atoms with Gasteiger partial charge in [0.15, 0.2) is 0 Å². The number of halogens is 2. The molecule has 0 aliphatic carbocycles. The lowest BCUT2D eigenvalue weighted by molar-refractivity contribution is 0.309. The van der Waals surface area contributed by atoms with E-state index in [0.29, 0.717) is 17.1 Å². The quantitative estimate of drug-likeness (QED) is 0.781. The summed E-state index contributed by atoms with van der Waals surface area (Å²) in [5, 5.41) is 0.374. The van der Waals surface area contributed by atoms with Gasteiger partial charge in [0.25, 0.3) is 10.1 Å². The van der Waals surface area contributed by atoms with Crippen molar-refractivity contribution < 1.29 is 22.1 Å². The minimum Gasteiger partial charge on any atom is -0.495 e. The SMILES string of the molecule is COc1cc(OC)c(Cl)c(COS(C)(=O)=O)c1Cl. The lowest BCUT2D eigenvalue weighted by atomic mass is 10.2. The molecular formula is C10H12Cl2O5S. The van der Waals surface area contributed by atoms with Crippen molar-refractivity contribution in [1.29, 1.82) is 0 Å². The standard InChI is InChI=1S/C10H12Cl2O5S/c1-15-7-4-8(16-2)10(12)6(9(7)11)5-17-18(3,13)14/h4H,5H2,1-3H3. The fourth-order valence-electron chi connectivity index (χ4n) is 1.23. The van der Waals surface area contributed by atoms with Crippen LogP contribution in [0.2, 0.25) is 10.0 Å². The van der Waals surface area contributed by atoms with E-state index in [1.165, 1.54) is 20.3 Å². The Morgan fingerprint density at radius 3 is 1.89 bits per heavy atom. The summed E-state index contributed by atoms with van der Waals surface area (Å²) in [6.07, 6.45) is 0.937. The van der Waals surface area contributed by atoms with E-state index >= 15 is 0 Å². The molecule has 0 saturated heterocycles. The number of methoxy groups -OCH3 is 2. The third-order valence-electron chi connectivity index (χ3n) is 2.08. The van der Waals surface area contributed by atoms with Gasteiger partial charge in [-0.2, -0.15) is 8.42 Å². The zero-order valence-corrected chi connectivity index (χ0v) is 12.3. The summed E-state index contributed by atoms with van der Waals surface area (Å²) in [6.45, 7) is -0.288. The summed E-state index contributed by atoms with van der Waals surface area (Å²) in [4.78, 5) is 0. The zero-order valence-electron chi connectivity index (χ0n) is 9.99. The average Bonchev–Trinajstić information content (AvgIpc) is 2.28. The van der Waals surface area contributed by atoms with Crippen LogP contribution in [0, 0.1) is 0 Å². The fourth-order valence-corrected chi connectivity index (χ4v) is 2.17. The van der Waals surface area contributed by atoms with Crippen LogP contribution in [0.15, 0.2) is 6.07 Å². The van der Waals surface area contributed by atoms with E-state index < -0.39 is 10.1 Å². The van der Waals surface area contributed by atoms with Crippen molar-refractivity contribution in [2.45, 2.75) is 6.61 Å². The first-order chi connectivity index (χ1) is 8.30. The van der Waals surface area contributed by atoms with Crippen molar-refractivity contribution in [3.8, 4) is 11.5 Å². The Hall–Kier alpha value is -0.690. The molecule has 8 heteroatoms. The lowest BCUT2D eigenvalue weighted by Gasteiger charge is -2.14. The lowest BCUT2D eigenvalue weighted by Crippen LogP contribution is -2.04. The molecule has 0 N–H and O–H groups in total. The van der Waals surface area contributed by atoms with Crippen LogP contribution in [0.4, 0.5) is 0 Å². The molecule has 0 atom stereocenters. The first kappa shape index (κ1) is 15.4. The van der Waals surface area contributed by atoms with E-state index in [1.807, 2.05) is 0 Å². The maximum absolute atomic E-state index is 11.0. The molecular weight excluding hydrogens is 303 g/mol. The molecule has 0 fully saturated rings. The molecule has 102 valence electrons. The second-order valence-corrected chi connectivity index (χ2v) is 5.75. The largest absolute Gasteiger partial charge is 0.495 e. The molecule has 18 heavy (non-hydrogen) atoms. The molecule has 0 unspecified atom stereocenters. The summed E-state index contributed by atoms with van der Waals surface area (Å²) in [7, 11) is -0.741. The van der Waals surface area contributed by atoms with Gasteiger partial charge in [0, 0.05) is 11.6 Å². The molecule has 0 aliphatic heterocycles. The second-order valence-electron chi connectivity index (χ2n) is 3.35. The van der Waals surface area contributed by atoms with Crippen LogP contribution >= 0.6 is 23.2 Å². The predicted octanol–water partition coefficient (Wildman–Crippen LogP) is 2.49. The van der Waals surface area contributed by atoms with Crippen molar-refractivity contribution in [3.63, 3.8) is 0 Å². The number of ether oxygens (including phenoxy) is 2. The highest BCUT2D eigenvalue weighted by Crippen LogP contribution is 2.40. The monoisotopic (exact) mass is 314 g/mol. The maximum atomic E-state index is 11.0. The van der Waals surface area contributed by atoms with Crippen LogP contribution in [-0.2, 0) is 20.9 Å². The second kappa shape index (κ2) is 5.97. The van der Waals surface area contributed by atoms with Crippen molar-refractivity contribution in [2.75, 3.05) is 20.5 Å². The van der Waals surface area contributed by atoms with Gasteiger partial charge in [-0.1, -0.05) is 23.2 Å².